The lowest BCUT2D eigenvalue weighted by atomic mass is 9.89. The van der Waals surface area contributed by atoms with Crippen LogP contribution in [0.3, 0.4) is 0 Å². The molecule has 0 spiro atoms. The first kappa shape index (κ1) is 30.4. The van der Waals surface area contributed by atoms with Crippen molar-refractivity contribution < 1.29 is 67.5 Å². The van der Waals surface area contributed by atoms with Crippen LogP contribution in [0.2, 0.25) is 0 Å². The number of esters is 2. The molecule has 1 fully saturated rings. The van der Waals surface area contributed by atoms with E-state index in [1.165, 1.54) is 13.8 Å². The van der Waals surface area contributed by atoms with Gasteiger partial charge in [-0.2, -0.15) is 39.2 Å². The monoisotopic (exact) mass is 534 g/mol. The van der Waals surface area contributed by atoms with Crippen molar-refractivity contribution >= 4 is 22.1 Å². The molecule has 34 heavy (non-hydrogen) atoms. The highest BCUT2D eigenvalue weighted by Crippen LogP contribution is 2.43. The molecule has 0 aromatic carbocycles. The standard InChI is InChI=1S/C18H25F7O8S/c1-11(2)10-31-14(27)16(17(21,22)23,33-13(26)12-6-4-3-5-7-12)32-9-8-15(19,20)18(24,25)34(28,29)30/h11-12H,3-10H2,1-2H3,(H,28,29,30). The summed E-state index contributed by atoms with van der Waals surface area (Å²) in [5.74, 6) is -15.6. The Kier molecular flexibility index (Phi) is 9.76. The Hall–Kier alpha value is -1.68. The van der Waals surface area contributed by atoms with Crippen LogP contribution in [0.1, 0.15) is 52.4 Å². The Morgan fingerprint density at radius 2 is 1.53 bits per heavy atom. The van der Waals surface area contributed by atoms with Crippen molar-refractivity contribution in [1.82, 2.24) is 0 Å². The van der Waals surface area contributed by atoms with E-state index in [1.54, 1.807) is 0 Å². The molecule has 1 aliphatic rings. The second kappa shape index (κ2) is 10.9. The van der Waals surface area contributed by atoms with Gasteiger partial charge in [0.15, 0.2) is 0 Å². The molecule has 1 atom stereocenters. The second-order valence-electron chi connectivity index (χ2n) is 8.16. The number of ether oxygens (including phenoxy) is 3. The van der Waals surface area contributed by atoms with Gasteiger partial charge in [0.2, 0.25) is 0 Å². The molecular formula is C18H25F7O8S. The maximum Gasteiger partial charge on any atom is 0.468 e. The van der Waals surface area contributed by atoms with Crippen LogP contribution in [0.25, 0.3) is 0 Å². The Bertz CT molecular complexity index is 823. The third kappa shape index (κ3) is 6.93. The van der Waals surface area contributed by atoms with Crippen LogP contribution >= 0.6 is 0 Å². The van der Waals surface area contributed by atoms with Crippen molar-refractivity contribution in [3.8, 4) is 0 Å². The number of carbonyl (C=O) groups is 2. The molecule has 1 rings (SSSR count). The van der Waals surface area contributed by atoms with E-state index in [1.807, 2.05) is 0 Å². The van der Waals surface area contributed by atoms with Gasteiger partial charge in [-0.1, -0.05) is 33.1 Å². The van der Waals surface area contributed by atoms with Gasteiger partial charge in [-0.05, 0) is 18.8 Å². The minimum atomic E-state index is -6.66. The van der Waals surface area contributed by atoms with Crippen molar-refractivity contribution in [2.75, 3.05) is 13.2 Å². The zero-order valence-electron chi connectivity index (χ0n) is 18.2. The Balaban J connectivity index is 3.25. The number of halogens is 7. The van der Waals surface area contributed by atoms with Crippen LogP contribution in [0.5, 0.6) is 0 Å². The van der Waals surface area contributed by atoms with Gasteiger partial charge in [-0.15, -0.1) is 0 Å². The summed E-state index contributed by atoms with van der Waals surface area (Å²) in [5, 5.41) is -6.08. The van der Waals surface area contributed by atoms with Crippen molar-refractivity contribution in [2.24, 2.45) is 11.8 Å². The second-order valence-corrected chi connectivity index (χ2v) is 9.62. The molecule has 1 saturated carbocycles. The highest BCUT2D eigenvalue weighted by molar-refractivity contribution is 7.87. The van der Waals surface area contributed by atoms with E-state index in [0.29, 0.717) is 19.3 Å². The van der Waals surface area contributed by atoms with Gasteiger partial charge in [0.05, 0.1) is 19.1 Å². The topological polar surface area (TPSA) is 116 Å². The van der Waals surface area contributed by atoms with E-state index in [2.05, 4.69) is 14.2 Å². The van der Waals surface area contributed by atoms with E-state index >= 15 is 0 Å². The first-order valence-electron chi connectivity index (χ1n) is 10.1. The molecule has 0 aliphatic heterocycles. The highest BCUT2D eigenvalue weighted by Gasteiger charge is 2.69. The Morgan fingerprint density at radius 3 is 1.97 bits per heavy atom. The predicted molar refractivity (Wildman–Crippen MR) is 99.3 cm³/mol. The lowest BCUT2D eigenvalue weighted by Crippen LogP contribution is -2.59. The van der Waals surface area contributed by atoms with Gasteiger partial charge >= 0.3 is 45.2 Å². The molecule has 0 amide bonds. The summed E-state index contributed by atoms with van der Waals surface area (Å²) in [5.41, 5.74) is 0. The number of hydrogen-bond donors (Lipinski definition) is 1. The van der Waals surface area contributed by atoms with Crippen LogP contribution in [-0.2, 0) is 33.9 Å². The van der Waals surface area contributed by atoms with Crippen LogP contribution in [0.15, 0.2) is 0 Å². The smallest absolute Gasteiger partial charge is 0.460 e. The number of rotatable bonds is 11. The molecule has 0 heterocycles. The summed E-state index contributed by atoms with van der Waals surface area (Å²) in [4.78, 5) is 24.7. The molecule has 1 aliphatic carbocycles. The normalized spacial score (nSPS) is 18.4. The fourth-order valence-corrected chi connectivity index (χ4v) is 3.42. The molecule has 200 valence electrons. The van der Waals surface area contributed by atoms with Crippen molar-refractivity contribution in [3.05, 3.63) is 0 Å². The van der Waals surface area contributed by atoms with Gasteiger partial charge in [-0.3, -0.25) is 9.35 Å². The summed E-state index contributed by atoms with van der Waals surface area (Å²) in [6, 6.07) is 0. The van der Waals surface area contributed by atoms with Crippen molar-refractivity contribution in [1.29, 1.82) is 0 Å². The maximum atomic E-state index is 13.9. The van der Waals surface area contributed by atoms with Crippen LogP contribution < -0.4 is 0 Å². The molecule has 0 aromatic rings. The third-order valence-electron chi connectivity index (χ3n) is 4.84. The van der Waals surface area contributed by atoms with E-state index in [9.17, 15) is 48.7 Å². The average molecular weight is 534 g/mol. The zero-order valence-corrected chi connectivity index (χ0v) is 19.0. The lowest BCUT2D eigenvalue weighted by molar-refractivity contribution is -0.359. The van der Waals surface area contributed by atoms with Crippen molar-refractivity contribution in [2.45, 2.75) is 75.5 Å². The number of alkyl halides is 7. The fraction of sp³-hybridized carbons (Fsp3) is 0.889. The van der Waals surface area contributed by atoms with E-state index < -0.39 is 76.7 Å². The third-order valence-corrected chi connectivity index (χ3v) is 5.79. The van der Waals surface area contributed by atoms with Crippen molar-refractivity contribution in [3.63, 3.8) is 0 Å². The number of hydrogen-bond acceptors (Lipinski definition) is 7. The molecule has 16 heteroatoms. The van der Waals surface area contributed by atoms with Gasteiger partial charge in [0.25, 0.3) is 0 Å². The largest absolute Gasteiger partial charge is 0.468 e. The van der Waals surface area contributed by atoms with E-state index in [0.717, 1.165) is 0 Å². The van der Waals surface area contributed by atoms with Gasteiger partial charge in [0.1, 0.15) is 0 Å². The van der Waals surface area contributed by atoms with E-state index in [-0.39, 0.29) is 12.8 Å². The summed E-state index contributed by atoms with van der Waals surface area (Å²) in [6.45, 7) is 0.217. The molecule has 8 nitrogen and oxygen atoms in total. The number of carbonyl (C=O) groups excluding carboxylic acids is 2. The molecular weight excluding hydrogens is 509 g/mol. The molecule has 0 saturated heterocycles. The first-order chi connectivity index (χ1) is 15.3. The van der Waals surface area contributed by atoms with Gasteiger partial charge in [0, 0.05) is 6.42 Å². The summed E-state index contributed by atoms with van der Waals surface area (Å²) < 4.78 is 138. The lowest BCUT2D eigenvalue weighted by Gasteiger charge is -2.34. The first-order valence-corrected chi connectivity index (χ1v) is 11.6. The van der Waals surface area contributed by atoms with E-state index in [4.69, 9.17) is 4.55 Å². The predicted octanol–water partition coefficient (Wildman–Crippen LogP) is 4.09. The van der Waals surface area contributed by atoms with Crippen LogP contribution in [0, 0.1) is 11.8 Å². The summed E-state index contributed by atoms with van der Waals surface area (Å²) >= 11 is 0. The zero-order chi connectivity index (χ0) is 26.6. The van der Waals surface area contributed by atoms with Gasteiger partial charge < -0.3 is 14.2 Å². The Morgan fingerprint density at radius 1 is 1.00 bits per heavy atom. The fourth-order valence-electron chi connectivity index (χ4n) is 2.94. The average Bonchev–Trinajstić information content (AvgIpc) is 2.69. The molecule has 1 unspecified atom stereocenters. The molecule has 0 radical (unpaired) electrons. The summed E-state index contributed by atoms with van der Waals surface area (Å²) in [7, 11) is -6.66. The molecule has 0 aromatic heterocycles. The minimum Gasteiger partial charge on any atom is -0.460 e. The minimum absolute atomic E-state index is 0.118. The van der Waals surface area contributed by atoms with Crippen LogP contribution in [-0.4, -0.2) is 61.3 Å². The van der Waals surface area contributed by atoms with Crippen LogP contribution in [0.4, 0.5) is 30.7 Å². The SMILES string of the molecule is CC(C)COC(=O)C(OCCC(F)(F)C(F)(F)S(=O)(=O)O)(OC(=O)C1CCCCC1)C(F)(F)F. The maximum absolute atomic E-state index is 13.9. The Labute approximate surface area is 190 Å². The molecule has 1 N–H and O–H groups in total. The summed E-state index contributed by atoms with van der Waals surface area (Å²) in [6.07, 6.45) is -6.44. The molecule has 0 bridgehead atoms. The quantitative estimate of drug-likeness (QED) is 0.182. The van der Waals surface area contributed by atoms with Gasteiger partial charge in [-0.25, -0.2) is 4.79 Å². The highest BCUT2D eigenvalue weighted by atomic mass is 32.2.